The molecule has 0 spiro atoms. The smallest absolute Gasteiger partial charge is 0.292 e. The van der Waals surface area contributed by atoms with E-state index in [0.29, 0.717) is 17.1 Å². The molecule has 0 aliphatic rings. The molecule has 0 radical (unpaired) electrons. The first-order chi connectivity index (χ1) is 9.69. The van der Waals surface area contributed by atoms with Crippen LogP contribution in [0.15, 0.2) is 40.9 Å². The van der Waals surface area contributed by atoms with Crippen LogP contribution in [0.25, 0.3) is 11.1 Å². The van der Waals surface area contributed by atoms with Gasteiger partial charge in [-0.3, -0.25) is 0 Å². The summed E-state index contributed by atoms with van der Waals surface area (Å²) in [6, 6.07) is 12.5. The molecule has 0 aromatic heterocycles. The van der Waals surface area contributed by atoms with Crippen LogP contribution in [0, 0.1) is 22.8 Å². The molecule has 0 heterocycles. The van der Waals surface area contributed by atoms with Crippen LogP contribution in [0.3, 0.4) is 0 Å². The fourth-order valence-corrected chi connectivity index (χ4v) is 2.20. The van der Waals surface area contributed by atoms with Gasteiger partial charge in [0.2, 0.25) is 0 Å². The van der Waals surface area contributed by atoms with Gasteiger partial charge in [0.1, 0.15) is 5.75 Å². The molecule has 2 aromatic rings. The lowest BCUT2D eigenvalue weighted by atomic mass is 10.0. The van der Waals surface area contributed by atoms with Crippen LogP contribution in [-0.4, -0.2) is 7.11 Å². The number of methoxy groups -OCH3 is 1. The summed E-state index contributed by atoms with van der Waals surface area (Å²) in [6.07, 6.45) is 1.64. The predicted octanol–water partition coefficient (Wildman–Crippen LogP) is 3.86. The lowest BCUT2D eigenvalue weighted by Crippen LogP contribution is -1.90. The lowest BCUT2D eigenvalue weighted by molar-refractivity contribution is 0.412. The summed E-state index contributed by atoms with van der Waals surface area (Å²) >= 11 is 3.38. The zero-order chi connectivity index (χ0) is 14.5. The number of rotatable bonds is 3. The fourth-order valence-electron chi connectivity index (χ4n) is 1.79. The highest BCUT2D eigenvalue weighted by molar-refractivity contribution is 9.10. The first kappa shape index (κ1) is 13.9. The van der Waals surface area contributed by atoms with Crippen molar-refractivity contribution in [3.8, 4) is 35.0 Å². The van der Waals surface area contributed by atoms with E-state index in [-0.39, 0.29) is 0 Å². The van der Waals surface area contributed by atoms with Crippen molar-refractivity contribution in [3.05, 3.63) is 46.4 Å². The minimum atomic E-state index is 0.343. The third-order valence-corrected chi connectivity index (χ3v) is 3.38. The van der Waals surface area contributed by atoms with E-state index in [0.717, 1.165) is 15.6 Å². The van der Waals surface area contributed by atoms with E-state index < -0.39 is 0 Å². The number of benzene rings is 2. The van der Waals surface area contributed by atoms with Crippen molar-refractivity contribution in [2.24, 2.45) is 0 Å². The van der Waals surface area contributed by atoms with E-state index in [1.807, 2.05) is 24.3 Å². The molecule has 5 heteroatoms. The number of hydrogen-bond donors (Lipinski definition) is 0. The highest BCUT2D eigenvalue weighted by Gasteiger charge is 2.10. The van der Waals surface area contributed by atoms with Gasteiger partial charge in [0.15, 0.2) is 5.75 Å². The van der Waals surface area contributed by atoms with Crippen LogP contribution in [0.4, 0.5) is 0 Å². The van der Waals surface area contributed by atoms with Gasteiger partial charge >= 0.3 is 0 Å². The van der Waals surface area contributed by atoms with Crippen molar-refractivity contribution in [1.29, 1.82) is 10.5 Å². The Balaban J connectivity index is 2.57. The molecule has 0 N–H and O–H groups in total. The van der Waals surface area contributed by atoms with Crippen LogP contribution in [0.1, 0.15) is 5.56 Å². The highest BCUT2D eigenvalue weighted by atomic mass is 79.9. The summed E-state index contributed by atoms with van der Waals surface area (Å²) in [7, 11) is 1.58. The maximum absolute atomic E-state index is 8.90. The molecule has 0 atom stereocenters. The highest BCUT2D eigenvalue weighted by Crippen LogP contribution is 2.35. The second kappa shape index (κ2) is 6.10. The number of ether oxygens (including phenoxy) is 2. The van der Waals surface area contributed by atoms with Crippen molar-refractivity contribution in [1.82, 2.24) is 0 Å². The van der Waals surface area contributed by atoms with Gasteiger partial charge in [-0.15, -0.1) is 5.26 Å². The van der Waals surface area contributed by atoms with Crippen molar-refractivity contribution in [2.45, 2.75) is 0 Å². The average Bonchev–Trinajstić information content (AvgIpc) is 2.48. The number of hydrogen-bond acceptors (Lipinski definition) is 4. The molecular weight excluding hydrogens is 320 g/mol. The molecule has 4 nitrogen and oxygen atoms in total. The summed E-state index contributed by atoms with van der Waals surface area (Å²) in [4.78, 5) is 0. The summed E-state index contributed by atoms with van der Waals surface area (Å²) in [5, 5.41) is 17.6. The van der Waals surface area contributed by atoms with E-state index in [1.54, 1.807) is 25.5 Å². The van der Waals surface area contributed by atoms with Gasteiger partial charge in [0.25, 0.3) is 6.26 Å². The second-order valence-corrected chi connectivity index (χ2v) is 4.72. The van der Waals surface area contributed by atoms with Crippen LogP contribution in [-0.2, 0) is 0 Å². The molecule has 2 aromatic carbocycles. The minimum Gasteiger partial charge on any atom is -0.496 e. The molecule has 0 fully saturated rings. The largest absolute Gasteiger partial charge is 0.496 e. The Morgan fingerprint density at radius 3 is 2.50 bits per heavy atom. The number of nitriles is 2. The Labute approximate surface area is 124 Å². The van der Waals surface area contributed by atoms with Crippen LogP contribution in [0.2, 0.25) is 0 Å². The van der Waals surface area contributed by atoms with Crippen molar-refractivity contribution >= 4 is 15.9 Å². The monoisotopic (exact) mass is 328 g/mol. The first-order valence-electron chi connectivity index (χ1n) is 5.63. The van der Waals surface area contributed by atoms with E-state index in [1.165, 1.54) is 6.07 Å². The molecule has 2 rings (SSSR count). The Kier molecular flexibility index (Phi) is 4.24. The van der Waals surface area contributed by atoms with Gasteiger partial charge < -0.3 is 9.47 Å². The van der Waals surface area contributed by atoms with Gasteiger partial charge in [-0.1, -0.05) is 6.07 Å². The van der Waals surface area contributed by atoms with E-state index in [2.05, 4.69) is 15.9 Å². The Bertz CT molecular complexity index is 730. The summed E-state index contributed by atoms with van der Waals surface area (Å²) in [5.41, 5.74) is 1.99. The second-order valence-electron chi connectivity index (χ2n) is 3.87. The zero-order valence-corrected chi connectivity index (χ0v) is 12.1. The summed E-state index contributed by atoms with van der Waals surface area (Å²) in [5.74, 6) is 1.02. The van der Waals surface area contributed by atoms with Crippen LogP contribution in [0.5, 0.6) is 11.5 Å². The summed E-state index contributed by atoms with van der Waals surface area (Å²) in [6.45, 7) is 0. The van der Waals surface area contributed by atoms with E-state index >= 15 is 0 Å². The molecule has 0 aliphatic carbocycles. The van der Waals surface area contributed by atoms with Gasteiger partial charge in [-0.2, -0.15) is 5.26 Å². The zero-order valence-electron chi connectivity index (χ0n) is 10.6. The molecule has 0 aliphatic heterocycles. The maximum Gasteiger partial charge on any atom is 0.292 e. The van der Waals surface area contributed by atoms with Crippen LogP contribution < -0.4 is 9.47 Å². The molecule has 20 heavy (non-hydrogen) atoms. The Morgan fingerprint density at radius 2 is 1.85 bits per heavy atom. The summed E-state index contributed by atoms with van der Waals surface area (Å²) < 4.78 is 11.0. The predicted molar refractivity (Wildman–Crippen MR) is 77.1 cm³/mol. The molecule has 0 unspecified atom stereocenters. The molecular formula is C15H9BrN2O2. The van der Waals surface area contributed by atoms with E-state index in [4.69, 9.17) is 20.0 Å². The van der Waals surface area contributed by atoms with Crippen LogP contribution >= 0.6 is 15.9 Å². The SMILES string of the molecule is COc1cc(-c2ccc(C#N)cc2OC#N)ccc1Br. The topological polar surface area (TPSA) is 66.0 Å². The van der Waals surface area contributed by atoms with Crippen molar-refractivity contribution < 1.29 is 9.47 Å². The number of halogens is 1. The Hall–Kier alpha value is -2.50. The molecule has 0 saturated carbocycles. The van der Waals surface area contributed by atoms with Gasteiger partial charge in [-0.05, 0) is 45.8 Å². The molecule has 0 amide bonds. The third-order valence-electron chi connectivity index (χ3n) is 2.73. The quantitative estimate of drug-likeness (QED) is 0.802. The van der Waals surface area contributed by atoms with Crippen molar-refractivity contribution in [3.63, 3.8) is 0 Å². The van der Waals surface area contributed by atoms with E-state index in [9.17, 15) is 0 Å². The normalized spacial score (nSPS) is 9.40. The Morgan fingerprint density at radius 1 is 1.05 bits per heavy atom. The van der Waals surface area contributed by atoms with Gasteiger partial charge in [-0.25, -0.2) is 0 Å². The van der Waals surface area contributed by atoms with Crippen molar-refractivity contribution in [2.75, 3.05) is 7.11 Å². The molecule has 98 valence electrons. The standard InChI is InChI=1S/C15H9BrN2O2/c1-19-15-7-11(3-5-13(15)16)12-4-2-10(8-17)6-14(12)20-9-18/h2-7H,1H3. The first-order valence-corrected chi connectivity index (χ1v) is 6.43. The van der Waals surface area contributed by atoms with Gasteiger partial charge in [0.05, 0.1) is 23.2 Å². The lowest BCUT2D eigenvalue weighted by Gasteiger charge is -2.10. The molecule has 0 saturated heterocycles. The minimum absolute atomic E-state index is 0.343. The maximum atomic E-state index is 8.90. The number of nitrogens with zero attached hydrogens (tertiary/aromatic N) is 2. The third kappa shape index (κ3) is 2.74. The fraction of sp³-hybridized carbons (Fsp3) is 0.0667. The molecule has 0 bridgehead atoms. The average molecular weight is 329 g/mol. The van der Waals surface area contributed by atoms with Gasteiger partial charge in [0, 0.05) is 11.6 Å².